The third-order valence-corrected chi connectivity index (χ3v) is 6.95. The monoisotopic (exact) mass is 494 g/mol. The van der Waals surface area contributed by atoms with E-state index in [1.54, 1.807) is 12.1 Å². The van der Waals surface area contributed by atoms with Crippen LogP contribution in [0.2, 0.25) is 0 Å². The number of hydrogen-bond donors (Lipinski definition) is 0. The van der Waals surface area contributed by atoms with E-state index in [0.717, 1.165) is 46.5 Å². The Bertz CT molecular complexity index is 1620. The molecule has 1 aliphatic rings. The number of rotatable bonds is 6. The first-order chi connectivity index (χ1) is 17.0. The second kappa shape index (κ2) is 8.46. The lowest BCUT2D eigenvalue weighted by Gasteiger charge is -2.11. The van der Waals surface area contributed by atoms with Crippen molar-refractivity contribution in [2.24, 2.45) is 0 Å². The van der Waals surface area contributed by atoms with Gasteiger partial charge in [0.15, 0.2) is 5.65 Å². The summed E-state index contributed by atoms with van der Waals surface area (Å²) in [6, 6.07) is 13.6. The number of aryl methyl sites for hydroxylation is 2. The van der Waals surface area contributed by atoms with Gasteiger partial charge in [-0.2, -0.15) is 13.8 Å². The summed E-state index contributed by atoms with van der Waals surface area (Å²) < 4.78 is 39.7. The largest absolute Gasteiger partial charge is 0.470 e. The average molecular weight is 495 g/mol. The molecule has 35 heavy (non-hydrogen) atoms. The molecule has 0 aliphatic carbocycles. The summed E-state index contributed by atoms with van der Waals surface area (Å²) in [5.74, 6) is 1.08. The number of hydrogen-bond acceptors (Lipinski definition) is 6. The maximum absolute atomic E-state index is 13.8. The summed E-state index contributed by atoms with van der Waals surface area (Å²) >= 11 is 1.35. The maximum atomic E-state index is 13.8. The summed E-state index contributed by atoms with van der Waals surface area (Å²) in [4.78, 5) is 23.1. The molecule has 0 fully saturated rings. The number of fused-ring (bicyclic) bond motifs is 4. The Balaban J connectivity index is 1.55. The van der Waals surface area contributed by atoms with Crippen molar-refractivity contribution < 1.29 is 18.3 Å². The van der Waals surface area contributed by atoms with Crippen molar-refractivity contribution in [3.63, 3.8) is 0 Å². The van der Waals surface area contributed by atoms with Crippen molar-refractivity contribution in [1.82, 2.24) is 19.1 Å². The van der Waals surface area contributed by atoms with Crippen molar-refractivity contribution >= 4 is 32.7 Å². The first-order valence-corrected chi connectivity index (χ1v) is 12.1. The molecule has 0 bridgehead atoms. The number of imidazole rings is 1. The second-order valence-corrected chi connectivity index (χ2v) is 9.15. The van der Waals surface area contributed by atoms with Crippen LogP contribution in [0, 0.1) is 0 Å². The number of thiazole rings is 1. The van der Waals surface area contributed by atoms with Gasteiger partial charge in [-0.05, 0) is 61.4 Å². The Morgan fingerprint density at radius 3 is 2.71 bits per heavy atom. The molecule has 10 heteroatoms. The summed E-state index contributed by atoms with van der Waals surface area (Å²) in [5.41, 5.74) is 3.87. The molecular formula is C25H20F2N4O3S. The van der Waals surface area contributed by atoms with Gasteiger partial charge in [-0.1, -0.05) is 17.4 Å². The molecule has 0 amide bonds. The fourth-order valence-electron chi connectivity index (χ4n) is 4.55. The van der Waals surface area contributed by atoms with Gasteiger partial charge in [-0.25, -0.2) is 4.98 Å². The molecule has 1 aliphatic heterocycles. The molecule has 0 spiro atoms. The van der Waals surface area contributed by atoms with E-state index in [1.165, 1.54) is 28.0 Å². The van der Waals surface area contributed by atoms with E-state index >= 15 is 0 Å². The SMILES string of the molecule is CCOc1nc2c(cc(-c3ccc4nc5n(c4c3)CCC5)c(=O)n2-c2ccc(OC(F)F)cc2)s1. The lowest BCUT2D eigenvalue weighted by atomic mass is 10.1. The third-order valence-electron chi connectivity index (χ3n) is 6.04. The van der Waals surface area contributed by atoms with Crippen LogP contribution in [0.25, 0.3) is 38.2 Å². The lowest BCUT2D eigenvalue weighted by Crippen LogP contribution is -2.20. The van der Waals surface area contributed by atoms with E-state index < -0.39 is 6.61 Å². The Morgan fingerprint density at radius 1 is 1.11 bits per heavy atom. The highest BCUT2D eigenvalue weighted by molar-refractivity contribution is 7.20. The zero-order valence-corrected chi connectivity index (χ0v) is 19.5. The van der Waals surface area contributed by atoms with Crippen LogP contribution in [0.15, 0.2) is 53.3 Å². The minimum atomic E-state index is -2.93. The van der Waals surface area contributed by atoms with E-state index in [2.05, 4.69) is 14.3 Å². The molecule has 5 aromatic rings. The van der Waals surface area contributed by atoms with Gasteiger partial charge >= 0.3 is 6.61 Å². The van der Waals surface area contributed by atoms with Crippen LogP contribution in [0.4, 0.5) is 8.78 Å². The van der Waals surface area contributed by atoms with Crippen LogP contribution in [0.1, 0.15) is 19.2 Å². The molecule has 2 aromatic carbocycles. The van der Waals surface area contributed by atoms with Crippen LogP contribution in [-0.4, -0.2) is 32.3 Å². The summed E-state index contributed by atoms with van der Waals surface area (Å²) in [6.45, 7) is 0.300. The van der Waals surface area contributed by atoms with Crippen LogP contribution < -0.4 is 15.0 Å². The third kappa shape index (κ3) is 3.74. The minimum absolute atomic E-state index is 0.0116. The van der Waals surface area contributed by atoms with Gasteiger partial charge in [0, 0.05) is 18.5 Å². The first kappa shape index (κ1) is 21.7. The van der Waals surface area contributed by atoms with Crippen LogP contribution in [0.5, 0.6) is 10.9 Å². The predicted octanol–water partition coefficient (Wildman–Crippen LogP) is 5.41. The van der Waals surface area contributed by atoms with Crippen LogP contribution >= 0.6 is 11.3 Å². The van der Waals surface area contributed by atoms with Gasteiger partial charge in [0.1, 0.15) is 11.6 Å². The zero-order chi connectivity index (χ0) is 24.1. The molecule has 3 aromatic heterocycles. The van der Waals surface area contributed by atoms with Gasteiger partial charge in [0.2, 0.25) is 0 Å². The summed E-state index contributed by atoms with van der Waals surface area (Å²) in [7, 11) is 0. The Labute approximate surface area is 202 Å². The number of benzene rings is 2. The summed E-state index contributed by atoms with van der Waals surface area (Å²) in [5, 5.41) is 0.453. The van der Waals surface area contributed by atoms with Gasteiger partial charge in [0.25, 0.3) is 10.8 Å². The Kier molecular flexibility index (Phi) is 5.25. The number of pyridine rings is 1. The van der Waals surface area contributed by atoms with Crippen molar-refractivity contribution in [2.45, 2.75) is 32.9 Å². The first-order valence-electron chi connectivity index (χ1n) is 11.3. The number of halogens is 2. The van der Waals surface area contributed by atoms with Gasteiger partial charge in [-0.3, -0.25) is 9.36 Å². The van der Waals surface area contributed by atoms with E-state index in [0.29, 0.717) is 28.7 Å². The molecule has 0 saturated carbocycles. The minimum Gasteiger partial charge on any atom is -0.470 e. The maximum Gasteiger partial charge on any atom is 0.387 e. The quantitative estimate of drug-likeness (QED) is 0.316. The fraction of sp³-hybridized carbons (Fsp3) is 0.240. The second-order valence-electron chi connectivity index (χ2n) is 8.16. The Morgan fingerprint density at radius 2 is 1.94 bits per heavy atom. The molecule has 0 atom stereocenters. The molecule has 0 N–H and O–H groups in total. The van der Waals surface area contributed by atoms with Crippen LogP contribution in [-0.2, 0) is 13.0 Å². The highest BCUT2D eigenvalue weighted by Crippen LogP contribution is 2.33. The molecule has 4 heterocycles. The van der Waals surface area contributed by atoms with E-state index in [4.69, 9.17) is 9.72 Å². The number of ether oxygens (including phenoxy) is 2. The molecule has 0 radical (unpaired) electrons. The van der Waals surface area contributed by atoms with E-state index in [9.17, 15) is 13.6 Å². The molecule has 7 nitrogen and oxygen atoms in total. The van der Waals surface area contributed by atoms with Crippen molar-refractivity contribution in [3.8, 4) is 27.8 Å². The normalized spacial score (nSPS) is 13.1. The van der Waals surface area contributed by atoms with Crippen molar-refractivity contribution in [2.75, 3.05) is 6.61 Å². The van der Waals surface area contributed by atoms with Gasteiger partial charge in [-0.15, -0.1) is 0 Å². The fourth-order valence-corrected chi connectivity index (χ4v) is 5.45. The van der Waals surface area contributed by atoms with Crippen molar-refractivity contribution in [3.05, 3.63) is 64.7 Å². The lowest BCUT2D eigenvalue weighted by molar-refractivity contribution is -0.0498. The number of alkyl halides is 2. The molecule has 178 valence electrons. The number of nitrogens with zero attached hydrogens (tertiary/aromatic N) is 4. The topological polar surface area (TPSA) is 71.2 Å². The highest BCUT2D eigenvalue weighted by atomic mass is 32.1. The molecule has 0 unspecified atom stereocenters. The van der Waals surface area contributed by atoms with E-state index in [1.807, 2.05) is 31.2 Å². The van der Waals surface area contributed by atoms with Gasteiger partial charge < -0.3 is 14.0 Å². The summed E-state index contributed by atoms with van der Waals surface area (Å²) in [6.07, 6.45) is 2.02. The standard InChI is InChI=1S/C25H20F2N4O3S/c1-2-33-25-29-22-20(35-25)13-17(14-5-10-18-19(12-14)30-11-3-4-21(30)28-18)23(32)31(22)15-6-8-16(9-7-15)34-24(26)27/h5-10,12-13,24H,2-4,11H2,1H3. The average Bonchev–Trinajstić information content (AvgIpc) is 3.53. The van der Waals surface area contributed by atoms with Crippen LogP contribution in [0.3, 0.4) is 0 Å². The predicted molar refractivity (Wildman–Crippen MR) is 130 cm³/mol. The number of aromatic nitrogens is 4. The van der Waals surface area contributed by atoms with E-state index in [-0.39, 0.29) is 11.3 Å². The smallest absolute Gasteiger partial charge is 0.387 e. The molecule has 0 saturated heterocycles. The zero-order valence-electron chi connectivity index (χ0n) is 18.7. The highest BCUT2D eigenvalue weighted by Gasteiger charge is 2.20. The molecule has 6 rings (SSSR count). The van der Waals surface area contributed by atoms with Crippen molar-refractivity contribution in [1.29, 1.82) is 0 Å². The Hall–Kier alpha value is -3.79. The van der Waals surface area contributed by atoms with Gasteiger partial charge in [0.05, 0.1) is 28.0 Å². The molecular weight excluding hydrogens is 474 g/mol.